The SMILES string of the molecule is CCC(C)C(=O)Cc1ccc(-c2nnc(C)nn2)cc1. The van der Waals surface area contributed by atoms with E-state index in [1.807, 2.05) is 38.1 Å². The molecular weight excluding hydrogens is 252 g/mol. The second-order valence-electron chi connectivity index (χ2n) is 4.92. The van der Waals surface area contributed by atoms with Crippen molar-refractivity contribution >= 4 is 5.78 Å². The van der Waals surface area contributed by atoms with Crippen LogP contribution >= 0.6 is 0 Å². The fraction of sp³-hybridized carbons (Fsp3) is 0.400. The van der Waals surface area contributed by atoms with Crippen molar-refractivity contribution in [2.24, 2.45) is 5.92 Å². The van der Waals surface area contributed by atoms with Gasteiger partial charge in [-0.05, 0) is 18.9 Å². The summed E-state index contributed by atoms with van der Waals surface area (Å²) in [6.07, 6.45) is 1.35. The molecule has 0 aliphatic carbocycles. The van der Waals surface area contributed by atoms with Crippen LogP contribution in [0, 0.1) is 12.8 Å². The summed E-state index contributed by atoms with van der Waals surface area (Å²) in [4.78, 5) is 11.9. The molecule has 0 saturated carbocycles. The largest absolute Gasteiger partial charge is 0.299 e. The molecule has 1 aromatic heterocycles. The molecule has 1 unspecified atom stereocenters. The van der Waals surface area contributed by atoms with Gasteiger partial charge in [0.1, 0.15) is 5.78 Å². The molecule has 0 aliphatic rings. The molecule has 5 heteroatoms. The number of carbonyl (C=O) groups is 1. The van der Waals surface area contributed by atoms with Crippen LogP contribution in [0.25, 0.3) is 11.4 Å². The van der Waals surface area contributed by atoms with Crippen LogP contribution < -0.4 is 0 Å². The Morgan fingerprint density at radius 3 is 2.25 bits per heavy atom. The molecule has 104 valence electrons. The average molecular weight is 270 g/mol. The molecule has 1 atom stereocenters. The van der Waals surface area contributed by atoms with Gasteiger partial charge < -0.3 is 0 Å². The Hall–Kier alpha value is -2.17. The van der Waals surface area contributed by atoms with E-state index in [1.165, 1.54) is 0 Å². The van der Waals surface area contributed by atoms with E-state index < -0.39 is 0 Å². The molecule has 0 aliphatic heterocycles. The topological polar surface area (TPSA) is 68.6 Å². The molecule has 1 heterocycles. The number of nitrogens with zero attached hydrogens (tertiary/aromatic N) is 4. The van der Waals surface area contributed by atoms with Crippen LogP contribution in [0.1, 0.15) is 31.7 Å². The first-order valence-corrected chi connectivity index (χ1v) is 6.76. The number of aromatic nitrogens is 4. The molecule has 0 amide bonds. The normalized spacial score (nSPS) is 12.2. The van der Waals surface area contributed by atoms with Gasteiger partial charge in [-0.15, -0.1) is 20.4 Å². The van der Waals surface area contributed by atoms with Crippen LogP contribution in [0.5, 0.6) is 0 Å². The number of carbonyl (C=O) groups excluding carboxylic acids is 1. The zero-order valence-corrected chi connectivity index (χ0v) is 12.0. The van der Waals surface area contributed by atoms with Gasteiger partial charge in [-0.1, -0.05) is 38.1 Å². The van der Waals surface area contributed by atoms with Crippen LogP contribution in [-0.4, -0.2) is 26.2 Å². The van der Waals surface area contributed by atoms with Gasteiger partial charge in [-0.2, -0.15) is 0 Å². The van der Waals surface area contributed by atoms with E-state index in [1.54, 1.807) is 6.92 Å². The summed E-state index contributed by atoms with van der Waals surface area (Å²) < 4.78 is 0. The van der Waals surface area contributed by atoms with E-state index in [0.29, 0.717) is 18.1 Å². The number of ketones is 1. The van der Waals surface area contributed by atoms with Gasteiger partial charge in [0.2, 0.25) is 5.82 Å². The average Bonchev–Trinajstić information content (AvgIpc) is 2.48. The van der Waals surface area contributed by atoms with E-state index in [2.05, 4.69) is 20.4 Å². The summed E-state index contributed by atoms with van der Waals surface area (Å²) in [6, 6.07) is 7.65. The molecule has 2 aromatic rings. The molecular formula is C15H18N4O. The first-order chi connectivity index (χ1) is 9.60. The van der Waals surface area contributed by atoms with Gasteiger partial charge in [0.15, 0.2) is 5.82 Å². The summed E-state index contributed by atoms with van der Waals surface area (Å²) in [5.74, 6) is 1.43. The lowest BCUT2D eigenvalue weighted by Crippen LogP contribution is -2.12. The Labute approximate surface area is 118 Å². The minimum absolute atomic E-state index is 0.114. The molecule has 0 fully saturated rings. The third kappa shape index (κ3) is 3.44. The first-order valence-electron chi connectivity index (χ1n) is 6.76. The molecule has 0 saturated heterocycles. The highest BCUT2D eigenvalue weighted by molar-refractivity contribution is 5.83. The molecule has 2 rings (SSSR count). The van der Waals surface area contributed by atoms with Gasteiger partial charge in [0, 0.05) is 17.9 Å². The molecule has 1 aromatic carbocycles. The van der Waals surface area contributed by atoms with Gasteiger partial charge in [0.25, 0.3) is 0 Å². The van der Waals surface area contributed by atoms with Crippen molar-refractivity contribution in [2.45, 2.75) is 33.6 Å². The highest BCUT2D eigenvalue weighted by atomic mass is 16.1. The van der Waals surface area contributed by atoms with E-state index in [4.69, 9.17) is 0 Å². The van der Waals surface area contributed by atoms with Crippen molar-refractivity contribution in [1.82, 2.24) is 20.4 Å². The zero-order valence-electron chi connectivity index (χ0n) is 12.0. The van der Waals surface area contributed by atoms with Crippen LogP contribution in [-0.2, 0) is 11.2 Å². The Balaban J connectivity index is 2.10. The molecule has 0 radical (unpaired) electrons. The second-order valence-corrected chi connectivity index (χ2v) is 4.92. The lowest BCUT2D eigenvalue weighted by molar-refractivity contribution is -0.121. The van der Waals surface area contributed by atoms with Gasteiger partial charge in [0.05, 0.1) is 0 Å². The van der Waals surface area contributed by atoms with Crippen molar-refractivity contribution in [3.63, 3.8) is 0 Å². The fourth-order valence-corrected chi connectivity index (χ4v) is 1.77. The maximum Gasteiger partial charge on any atom is 0.203 e. The summed E-state index contributed by atoms with van der Waals surface area (Å²) >= 11 is 0. The monoisotopic (exact) mass is 270 g/mol. The van der Waals surface area contributed by atoms with Gasteiger partial charge in [-0.25, -0.2) is 0 Å². The highest BCUT2D eigenvalue weighted by Crippen LogP contribution is 2.15. The summed E-state index contributed by atoms with van der Waals surface area (Å²) in [5, 5.41) is 15.7. The van der Waals surface area contributed by atoms with Crippen LogP contribution in [0.15, 0.2) is 24.3 Å². The molecule has 0 bridgehead atoms. The van der Waals surface area contributed by atoms with Crippen molar-refractivity contribution in [2.75, 3.05) is 0 Å². The maximum absolute atomic E-state index is 11.9. The molecule has 0 spiro atoms. The lowest BCUT2D eigenvalue weighted by Gasteiger charge is -2.07. The Morgan fingerprint density at radius 1 is 1.10 bits per heavy atom. The van der Waals surface area contributed by atoms with E-state index in [0.717, 1.165) is 17.5 Å². The minimum atomic E-state index is 0.114. The van der Waals surface area contributed by atoms with Crippen molar-refractivity contribution in [3.8, 4) is 11.4 Å². The fourth-order valence-electron chi connectivity index (χ4n) is 1.77. The Morgan fingerprint density at radius 2 is 1.70 bits per heavy atom. The minimum Gasteiger partial charge on any atom is -0.299 e. The predicted octanol–water partition coefficient (Wildman–Crippen LogP) is 2.40. The third-order valence-electron chi connectivity index (χ3n) is 3.33. The van der Waals surface area contributed by atoms with Crippen molar-refractivity contribution < 1.29 is 4.79 Å². The van der Waals surface area contributed by atoms with E-state index in [-0.39, 0.29) is 11.7 Å². The summed E-state index contributed by atoms with van der Waals surface area (Å²) in [6.45, 7) is 5.74. The van der Waals surface area contributed by atoms with E-state index in [9.17, 15) is 4.79 Å². The summed E-state index contributed by atoms with van der Waals surface area (Å²) in [5.41, 5.74) is 1.86. The first kappa shape index (κ1) is 14.2. The Kier molecular flexibility index (Phi) is 4.50. The second kappa shape index (κ2) is 6.32. The Bertz CT molecular complexity index is 578. The van der Waals surface area contributed by atoms with Crippen molar-refractivity contribution in [1.29, 1.82) is 0 Å². The number of rotatable bonds is 5. The zero-order chi connectivity index (χ0) is 14.5. The number of hydrogen-bond acceptors (Lipinski definition) is 5. The lowest BCUT2D eigenvalue weighted by atomic mass is 9.97. The number of benzene rings is 1. The van der Waals surface area contributed by atoms with Gasteiger partial charge >= 0.3 is 0 Å². The maximum atomic E-state index is 11.9. The molecule has 0 N–H and O–H groups in total. The van der Waals surface area contributed by atoms with E-state index >= 15 is 0 Å². The summed E-state index contributed by atoms with van der Waals surface area (Å²) in [7, 11) is 0. The number of hydrogen-bond donors (Lipinski definition) is 0. The van der Waals surface area contributed by atoms with Crippen LogP contribution in [0.3, 0.4) is 0 Å². The highest BCUT2D eigenvalue weighted by Gasteiger charge is 2.11. The number of Topliss-reactive ketones (excluding diaryl/α,β-unsaturated/α-hetero) is 1. The molecule has 20 heavy (non-hydrogen) atoms. The van der Waals surface area contributed by atoms with Crippen molar-refractivity contribution in [3.05, 3.63) is 35.7 Å². The smallest absolute Gasteiger partial charge is 0.203 e. The standard InChI is InChI=1S/C15H18N4O/c1-4-10(2)14(20)9-12-5-7-13(8-6-12)15-18-16-11(3)17-19-15/h5-8,10H,4,9H2,1-3H3. The number of aryl methyl sites for hydroxylation is 1. The van der Waals surface area contributed by atoms with Crippen LogP contribution in [0.2, 0.25) is 0 Å². The molecule has 5 nitrogen and oxygen atoms in total. The third-order valence-corrected chi connectivity index (χ3v) is 3.33. The quantitative estimate of drug-likeness (QED) is 0.834. The van der Waals surface area contributed by atoms with Gasteiger partial charge in [-0.3, -0.25) is 4.79 Å². The van der Waals surface area contributed by atoms with Crippen LogP contribution in [0.4, 0.5) is 0 Å². The predicted molar refractivity (Wildman–Crippen MR) is 76.0 cm³/mol.